The summed E-state index contributed by atoms with van der Waals surface area (Å²) in [6.45, 7) is 4.22. The Morgan fingerprint density at radius 3 is 2.83 bits per heavy atom. The maximum Gasteiger partial charge on any atom is 0.313 e. The zero-order valence-corrected chi connectivity index (χ0v) is 11.3. The molecule has 0 unspecified atom stereocenters. The van der Waals surface area contributed by atoms with Gasteiger partial charge in [-0.05, 0) is 26.0 Å². The zero-order valence-electron chi connectivity index (χ0n) is 10.5. The number of fused-ring (bicyclic) bond motifs is 1. The number of para-hydroxylation sites is 2. The van der Waals surface area contributed by atoms with Gasteiger partial charge in [0, 0.05) is 6.04 Å². The number of carboxylic acid groups (broad SMARTS) is 1. The van der Waals surface area contributed by atoms with Crippen LogP contribution in [-0.2, 0) is 10.5 Å². The van der Waals surface area contributed by atoms with Gasteiger partial charge in [-0.15, -0.1) is 11.8 Å². The van der Waals surface area contributed by atoms with Crippen molar-refractivity contribution in [2.24, 2.45) is 0 Å². The third-order valence-electron chi connectivity index (χ3n) is 2.64. The highest BCUT2D eigenvalue weighted by Crippen LogP contribution is 2.23. The molecule has 1 heterocycles. The molecular formula is C13H16N2O2S. The standard InChI is InChI=1S/C13H16N2O2S/c1-9(2)15-11-6-4-3-5-10(11)14-12(15)7-18-8-13(16)17/h3-6,9H,7-8H2,1-2H3,(H,16,17). The van der Waals surface area contributed by atoms with Crippen molar-refractivity contribution in [3.63, 3.8) is 0 Å². The van der Waals surface area contributed by atoms with Gasteiger partial charge in [-0.25, -0.2) is 4.98 Å². The Labute approximate surface area is 110 Å². The molecular weight excluding hydrogens is 248 g/mol. The lowest BCUT2D eigenvalue weighted by Gasteiger charge is -2.12. The third-order valence-corrected chi connectivity index (χ3v) is 3.56. The Kier molecular flexibility index (Phi) is 3.91. The van der Waals surface area contributed by atoms with Crippen LogP contribution in [0.25, 0.3) is 11.0 Å². The van der Waals surface area contributed by atoms with Gasteiger partial charge in [-0.1, -0.05) is 12.1 Å². The van der Waals surface area contributed by atoms with Crippen LogP contribution in [-0.4, -0.2) is 26.4 Å². The first-order valence-corrected chi connectivity index (χ1v) is 7.00. The number of carboxylic acids is 1. The van der Waals surface area contributed by atoms with Crippen LogP contribution in [0.2, 0.25) is 0 Å². The predicted octanol–water partition coefficient (Wildman–Crippen LogP) is 2.94. The number of imidazole rings is 1. The molecule has 4 nitrogen and oxygen atoms in total. The molecule has 0 amide bonds. The highest BCUT2D eigenvalue weighted by atomic mass is 32.2. The van der Waals surface area contributed by atoms with Crippen molar-refractivity contribution in [1.29, 1.82) is 0 Å². The molecule has 0 fully saturated rings. The van der Waals surface area contributed by atoms with Crippen LogP contribution in [0, 0.1) is 0 Å². The fraction of sp³-hybridized carbons (Fsp3) is 0.385. The SMILES string of the molecule is CC(C)n1c(CSCC(=O)O)nc2ccccc21. The number of benzene rings is 1. The molecule has 0 saturated heterocycles. The normalized spacial score (nSPS) is 11.3. The Hall–Kier alpha value is -1.49. The van der Waals surface area contributed by atoms with Gasteiger partial charge in [0.15, 0.2) is 0 Å². The fourth-order valence-electron chi connectivity index (χ4n) is 2.00. The molecule has 2 aromatic rings. The number of carbonyl (C=O) groups is 1. The molecule has 18 heavy (non-hydrogen) atoms. The highest BCUT2D eigenvalue weighted by molar-refractivity contribution is 7.99. The minimum Gasteiger partial charge on any atom is -0.481 e. The van der Waals surface area contributed by atoms with Crippen LogP contribution in [0.3, 0.4) is 0 Å². The van der Waals surface area contributed by atoms with E-state index in [0.717, 1.165) is 16.9 Å². The van der Waals surface area contributed by atoms with Gasteiger partial charge >= 0.3 is 5.97 Å². The Bertz CT molecular complexity index is 563. The molecule has 0 atom stereocenters. The summed E-state index contributed by atoms with van der Waals surface area (Å²) < 4.78 is 2.17. The maximum atomic E-state index is 10.5. The van der Waals surface area contributed by atoms with Gasteiger partial charge < -0.3 is 9.67 Å². The molecule has 0 aliphatic rings. The molecule has 0 spiro atoms. The molecule has 0 saturated carbocycles. The minimum absolute atomic E-state index is 0.112. The van der Waals surface area contributed by atoms with Crippen LogP contribution < -0.4 is 0 Å². The largest absolute Gasteiger partial charge is 0.481 e. The van der Waals surface area contributed by atoms with Crippen LogP contribution in [0.4, 0.5) is 0 Å². The maximum absolute atomic E-state index is 10.5. The van der Waals surface area contributed by atoms with Gasteiger partial charge in [0.1, 0.15) is 5.82 Å². The topological polar surface area (TPSA) is 55.1 Å². The van der Waals surface area contributed by atoms with Crippen LogP contribution in [0.15, 0.2) is 24.3 Å². The molecule has 0 bridgehead atoms. The van der Waals surface area contributed by atoms with E-state index in [9.17, 15) is 4.79 Å². The van der Waals surface area contributed by atoms with E-state index in [4.69, 9.17) is 5.11 Å². The van der Waals surface area contributed by atoms with E-state index in [1.54, 1.807) is 0 Å². The van der Waals surface area contributed by atoms with Crippen molar-refractivity contribution in [2.45, 2.75) is 25.6 Å². The number of thioether (sulfide) groups is 1. The summed E-state index contributed by atoms with van der Waals surface area (Å²) in [7, 11) is 0. The van der Waals surface area contributed by atoms with Crippen molar-refractivity contribution in [2.75, 3.05) is 5.75 Å². The summed E-state index contributed by atoms with van der Waals surface area (Å²) in [5, 5.41) is 8.66. The van der Waals surface area contributed by atoms with Gasteiger partial charge in [-0.3, -0.25) is 4.79 Å². The van der Waals surface area contributed by atoms with Crippen molar-refractivity contribution in [1.82, 2.24) is 9.55 Å². The van der Waals surface area contributed by atoms with Gasteiger partial charge in [-0.2, -0.15) is 0 Å². The van der Waals surface area contributed by atoms with E-state index >= 15 is 0 Å². The van der Waals surface area contributed by atoms with Crippen molar-refractivity contribution in [3.8, 4) is 0 Å². The molecule has 0 aliphatic carbocycles. The first-order valence-electron chi connectivity index (χ1n) is 5.85. The number of rotatable bonds is 5. The average molecular weight is 264 g/mol. The minimum atomic E-state index is -0.785. The average Bonchev–Trinajstić information content (AvgIpc) is 2.66. The lowest BCUT2D eigenvalue weighted by molar-refractivity contribution is -0.133. The Morgan fingerprint density at radius 2 is 2.17 bits per heavy atom. The van der Waals surface area contributed by atoms with E-state index in [2.05, 4.69) is 23.4 Å². The second kappa shape index (κ2) is 5.44. The van der Waals surface area contributed by atoms with Crippen LogP contribution >= 0.6 is 11.8 Å². The van der Waals surface area contributed by atoms with Gasteiger partial charge in [0.2, 0.25) is 0 Å². The lowest BCUT2D eigenvalue weighted by atomic mass is 10.3. The summed E-state index contributed by atoms with van der Waals surface area (Å²) in [5.41, 5.74) is 2.08. The summed E-state index contributed by atoms with van der Waals surface area (Å²) in [6.07, 6.45) is 0. The van der Waals surface area contributed by atoms with E-state index in [1.165, 1.54) is 11.8 Å². The van der Waals surface area contributed by atoms with Crippen LogP contribution in [0.1, 0.15) is 25.7 Å². The predicted molar refractivity (Wildman–Crippen MR) is 73.9 cm³/mol. The summed E-state index contributed by atoms with van der Waals surface area (Å²) >= 11 is 1.38. The van der Waals surface area contributed by atoms with E-state index in [0.29, 0.717) is 11.8 Å². The van der Waals surface area contributed by atoms with E-state index in [1.807, 2.05) is 24.3 Å². The van der Waals surface area contributed by atoms with Gasteiger partial charge in [0.25, 0.3) is 0 Å². The first kappa shape index (κ1) is 13.0. The Balaban J connectivity index is 2.31. The quantitative estimate of drug-likeness (QED) is 0.902. The number of hydrogen-bond donors (Lipinski definition) is 1. The third kappa shape index (κ3) is 2.67. The smallest absolute Gasteiger partial charge is 0.313 e. The molecule has 5 heteroatoms. The van der Waals surface area contributed by atoms with Crippen LogP contribution in [0.5, 0.6) is 0 Å². The van der Waals surface area contributed by atoms with E-state index < -0.39 is 5.97 Å². The molecule has 1 N–H and O–H groups in total. The fourth-order valence-corrected chi connectivity index (χ4v) is 2.66. The molecule has 2 rings (SSSR count). The summed E-state index contributed by atoms with van der Waals surface area (Å²) in [5.74, 6) is 0.894. The van der Waals surface area contributed by atoms with Gasteiger partial charge in [0.05, 0.1) is 22.5 Å². The zero-order chi connectivity index (χ0) is 13.1. The molecule has 0 radical (unpaired) electrons. The molecule has 1 aromatic heterocycles. The van der Waals surface area contributed by atoms with Crippen molar-refractivity contribution < 1.29 is 9.90 Å². The number of aromatic nitrogens is 2. The molecule has 96 valence electrons. The first-order chi connectivity index (χ1) is 8.59. The lowest BCUT2D eigenvalue weighted by Crippen LogP contribution is -2.06. The second-order valence-corrected chi connectivity index (χ2v) is 5.35. The number of nitrogens with zero attached hydrogens (tertiary/aromatic N) is 2. The number of hydrogen-bond acceptors (Lipinski definition) is 3. The monoisotopic (exact) mass is 264 g/mol. The van der Waals surface area contributed by atoms with Crippen molar-refractivity contribution >= 4 is 28.8 Å². The summed E-state index contributed by atoms with van der Waals surface area (Å²) in [6, 6.07) is 8.32. The Morgan fingerprint density at radius 1 is 1.44 bits per heavy atom. The second-order valence-electron chi connectivity index (χ2n) is 4.37. The van der Waals surface area contributed by atoms with Crippen molar-refractivity contribution in [3.05, 3.63) is 30.1 Å². The number of aliphatic carboxylic acids is 1. The molecule has 0 aliphatic heterocycles. The van der Waals surface area contributed by atoms with E-state index in [-0.39, 0.29) is 5.75 Å². The summed E-state index contributed by atoms with van der Waals surface area (Å²) in [4.78, 5) is 15.1. The highest BCUT2D eigenvalue weighted by Gasteiger charge is 2.13. The molecule has 1 aromatic carbocycles.